The van der Waals surface area contributed by atoms with E-state index in [1.54, 1.807) is 26.1 Å². The minimum atomic E-state index is -3.09. The van der Waals surface area contributed by atoms with Gasteiger partial charge in [0, 0.05) is 28.7 Å². The zero-order valence-electron chi connectivity index (χ0n) is 10.2. The Morgan fingerprint density at radius 2 is 2.17 bits per heavy atom. The molecule has 0 saturated heterocycles. The molecule has 0 bridgehead atoms. The Bertz CT molecular complexity index is 531. The first-order valence-corrected chi connectivity index (χ1v) is 8.07. The SMILES string of the molecule is CCS(=O)(=O)CC(C)NC(=O)c1cncc(Br)c1. The lowest BCUT2D eigenvalue weighted by molar-refractivity contribution is 0.0943. The molecule has 1 heterocycles. The predicted molar refractivity (Wildman–Crippen MR) is 73.2 cm³/mol. The standard InChI is InChI=1S/C11H15BrN2O3S/c1-3-18(16,17)7-8(2)14-11(15)9-4-10(12)6-13-5-9/h4-6,8H,3,7H2,1-2H3,(H,14,15). The van der Waals surface area contributed by atoms with Crippen molar-refractivity contribution in [2.45, 2.75) is 19.9 Å². The Labute approximate surface area is 115 Å². The van der Waals surface area contributed by atoms with Gasteiger partial charge in [0.1, 0.15) is 0 Å². The summed E-state index contributed by atoms with van der Waals surface area (Å²) in [6, 6.07) is 1.20. The average Bonchev–Trinajstić information content (AvgIpc) is 2.28. The van der Waals surface area contributed by atoms with Gasteiger partial charge in [-0.05, 0) is 28.9 Å². The molecule has 0 aliphatic rings. The van der Waals surface area contributed by atoms with Gasteiger partial charge in [0.05, 0.1) is 11.3 Å². The molecular formula is C11H15BrN2O3S. The molecule has 1 N–H and O–H groups in total. The molecule has 0 spiro atoms. The highest BCUT2D eigenvalue weighted by Gasteiger charge is 2.16. The lowest BCUT2D eigenvalue weighted by Gasteiger charge is -2.13. The Morgan fingerprint density at radius 3 is 2.72 bits per heavy atom. The van der Waals surface area contributed by atoms with Crippen molar-refractivity contribution in [3.05, 3.63) is 28.5 Å². The first kappa shape index (κ1) is 15.1. The zero-order valence-corrected chi connectivity index (χ0v) is 12.6. The lowest BCUT2D eigenvalue weighted by atomic mass is 10.2. The molecule has 0 aromatic carbocycles. The van der Waals surface area contributed by atoms with Gasteiger partial charge in [0.25, 0.3) is 5.91 Å². The summed E-state index contributed by atoms with van der Waals surface area (Å²) in [5, 5.41) is 2.63. The number of aromatic nitrogens is 1. The van der Waals surface area contributed by atoms with Gasteiger partial charge in [0.2, 0.25) is 0 Å². The van der Waals surface area contributed by atoms with E-state index in [-0.39, 0.29) is 17.4 Å². The Morgan fingerprint density at radius 1 is 1.50 bits per heavy atom. The van der Waals surface area contributed by atoms with Crippen LogP contribution in [0.4, 0.5) is 0 Å². The summed E-state index contributed by atoms with van der Waals surface area (Å²) in [6.07, 6.45) is 3.00. The van der Waals surface area contributed by atoms with Gasteiger partial charge < -0.3 is 5.32 Å². The summed E-state index contributed by atoms with van der Waals surface area (Å²) in [4.78, 5) is 15.7. The zero-order chi connectivity index (χ0) is 13.8. The molecule has 0 fully saturated rings. The van der Waals surface area contributed by atoms with Crippen LogP contribution in [0.1, 0.15) is 24.2 Å². The summed E-state index contributed by atoms with van der Waals surface area (Å²) in [7, 11) is -3.09. The second-order valence-corrected chi connectivity index (χ2v) is 7.28. The molecule has 5 nitrogen and oxygen atoms in total. The van der Waals surface area contributed by atoms with Crippen molar-refractivity contribution in [3.63, 3.8) is 0 Å². The largest absolute Gasteiger partial charge is 0.349 e. The third-order valence-electron chi connectivity index (χ3n) is 2.29. The minimum Gasteiger partial charge on any atom is -0.349 e. The summed E-state index contributed by atoms with van der Waals surface area (Å²) in [5.41, 5.74) is 0.394. The number of nitrogens with one attached hydrogen (secondary N) is 1. The van der Waals surface area contributed by atoms with Crippen molar-refractivity contribution in [1.82, 2.24) is 10.3 Å². The highest BCUT2D eigenvalue weighted by atomic mass is 79.9. The number of hydrogen-bond donors (Lipinski definition) is 1. The fraction of sp³-hybridized carbons (Fsp3) is 0.455. The van der Waals surface area contributed by atoms with E-state index in [2.05, 4.69) is 26.2 Å². The van der Waals surface area contributed by atoms with Crippen LogP contribution in [0.3, 0.4) is 0 Å². The van der Waals surface area contributed by atoms with E-state index in [9.17, 15) is 13.2 Å². The Hall–Kier alpha value is -0.950. The number of sulfone groups is 1. The summed E-state index contributed by atoms with van der Waals surface area (Å²) in [6.45, 7) is 3.25. The van der Waals surface area contributed by atoms with Crippen LogP contribution in [0, 0.1) is 0 Å². The van der Waals surface area contributed by atoms with E-state index >= 15 is 0 Å². The van der Waals surface area contributed by atoms with E-state index < -0.39 is 15.9 Å². The van der Waals surface area contributed by atoms with Crippen LogP contribution in [0.25, 0.3) is 0 Å². The maximum Gasteiger partial charge on any atom is 0.253 e. The highest BCUT2D eigenvalue weighted by Crippen LogP contribution is 2.09. The Balaban J connectivity index is 2.66. The number of pyridine rings is 1. The third kappa shape index (κ3) is 4.73. The van der Waals surface area contributed by atoms with Crippen LogP contribution >= 0.6 is 15.9 Å². The number of amides is 1. The average molecular weight is 335 g/mol. The molecular weight excluding hydrogens is 320 g/mol. The first-order chi connectivity index (χ1) is 8.34. The molecule has 1 amide bonds. The summed E-state index contributed by atoms with van der Waals surface area (Å²) >= 11 is 3.22. The fourth-order valence-electron chi connectivity index (χ4n) is 1.38. The minimum absolute atomic E-state index is 0.0589. The number of rotatable bonds is 5. The van der Waals surface area contributed by atoms with Crippen LogP contribution in [0.15, 0.2) is 22.9 Å². The van der Waals surface area contributed by atoms with Crippen LogP contribution < -0.4 is 5.32 Å². The second kappa shape index (κ2) is 6.29. The van der Waals surface area contributed by atoms with E-state index in [1.165, 1.54) is 6.20 Å². The lowest BCUT2D eigenvalue weighted by Crippen LogP contribution is -2.38. The van der Waals surface area contributed by atoms with Crippen molar-refractivity contribution >= 4 is 31.7 Å². The van der Waals surface area contributed by atoms with Crippen molar-refractivity contribution in [1.29, 1.82) is 0 Å². The van der Waals surface area contributed by atoms with E-state index in [4.69, 9.17) is 0 Å². The van der Waals surface area contributed by atoms with Gasteiger partial charge in [0.15, 0.2) is 9.84 Å². The molecule has 100 valence electrons. The van der Waals surface area contributed by atoms with E-state index in [0.717, 1.165) is 0 Å². The second-order valence-electron chi connectivity index (χ2n) is 3.97. The number of carbonyl (C=O) groups excluding carboxylic acids is 1. The first-order valence-electron chi connectivity index (χ1n) is 5.46. The molecule has 0 radical (unpaired) electrons. The van der Waals surface area contributed by atoms with Crippen LogP contribution in [-0.4, -0.2) is 36.9 Å². The topological polar surface area (TPSA) is 76.1 Å². The smallest absolute Gasteiger partial charge is 0.253 e. The predicted octanol–water partition coefficient (Wildman–Crippen LogP) is 1.40. The molecule has 1 atom stereocenters. The molecule has 0 aliphatic carbocycles. The van der Waals surface area contributed by atoms with Gasteiger partial charge in [-0.15, -0.1) is 0 Å². The maximum atomic E-state index is 11.8. The van der Waals surface area contributed by atoms with E-state index in [0.29, 0.717) is 10.0 Å². The van der Waals surface area contributed by atoms with Gasteiger partial charge in [-0.3, -0.25) is 9.78 Å². The molecule has 1 rings (SSSR count). The van der Waals surface area contributed by atoms with Crippen LogP contribution in [0.2, 0.25) is 0 Å². The van der Waals surface area contributed by atoms with Crippen LogP contribution in [0.5, 0.6) is 0 Å². The third-order valence-corrected chi connectivity index (χ3v) is 4.61. The Kier molecular flexibility index (Phi) is 5.28. The molecule has 1 aromatic heterocycles. The van der Waals surface area contributed by atoms with E-state index in [1.807, 2.05) is 0 Å². The van der Waals surface area contributed by atoms with Crippen molar-refractivity contribution in [2.75, 3.05) is 11.5 Å². The normalized spacial score (nSPS) is 13.1. The quantitative estimate of drug-likeness (QED) is 0.882. The summed E-state index contributed by atoms with van der Waals surface area (Å²) in [5.74, 6) is -0.315. The van der Waals surface area contributed by atoms with Crippen molar-refractivity contribution < 1.29 is 13.2 Å². The van der Waals surface area contributed by atoms with Crippen molar-refractivity contribution in [3.8, 4) is 0 Å². The fourth-order valence-corrected chi connectivity index (χ4v) is 2.83. The van der Waals surface area contributed by atoms with Gasteiger partial charge in [-0.1, -0.05) is 6.92 Å². The van der Waals surface area contributed by atoms with Gasteiger partial charge in [-0.25, -0.2) is 8.42 Å². The van der Waals surface area contributed by atoms with Crippen molar-refractivity contribution in [2.24, 2.45) is 0 Å². The number of hydrogen-bond acceptors (Lipinski definition) is 4. The molecule has 18 heavy (non-hydrogen) atoms. The number of halogens is 1. The monoisotopic (exact) mass is 334 g/mol. The molecule has 0 saturated carbocycles. The van der Waals surface area contributed by atoms with Crippen LogP contribution in [-0.2, 0) is 9.84 Å². The molecule has 7 heteroatoms. The number of nitrogens with zero attached hydrogens (tertiary/aromatic N) is 1. The molecule has 1 aromatic rings. The maximum absolute atomic E-state index is 11.8. The molecule has 1 unspecified atom stereocenters. The van der Waals surface area contributed by atoms with Gasteiger partial charge >= 0.3 is 0 Å². The molecule has 0 aliphatic heterocycles. The number of carbonyl (C=O) groups is 1. The van der Waals surface area contributed by atoms with Gasteiger partial charge in [-0.2, -0.15) is 0 Å². The summed E-state index contributed by atoms with van der Waals surface area (Å²) < 4.78 is 23.5. The highest BCUT2D eigenvalue weighted by molar-refractivity contribution is 9.10.